The first kappa shape index (κ1) is 19.6. The Balaban J connectivity index is 2.20. The number of hydrogen-bond donors (Lipinski definition) is 0. The van der Waals surface area contributed by atoms with Gasteiger partial charge in [-0.2, -0.15) is 0 Å². The van der Waals surface area contributed by atoms with E-state index in [-0.39, 0.29) is 23.6 Å². The lowest BCUT2D eigenvalue weighted by Gasteiger charge is -2.19. The molecule has 0 fully saturated rings. The first-order valence-corrected chi connectivity index (χ1v) is 8.37. The summed E-state index contributed by atoms with van der Waals surface area (Å²) >= 11 is 0. The Morgan fingerprint density at radius 3 is 2.50 bits per heavy atom. The number of halogens is 2. The van der Waals surface area contributed by atoms with E-state index in [9.17, 15) is 13.6 Å². The first-order valence-electron chi connectivity index (χ1n) is 8.37. The number of Topliss-reactive ketones (excluding diaryl/α,β-unsaturated/α-hetero) is 1. The lowest BCUT2D eigenvalue weighted by atomic mass is 10.0. The monoisotopic (exact) mass is 359 g/mol. The average Bonchev–Trinajstić information content (AvgIpc) is 2.61. The number of aryl methyl sites for hydroxylation is 1. The van der Waals surface area contributed by atoms with Crippen molar-refractivity contribution in [3.63, 3.8) is 0 Å². The maximum absolute atomic E-state index is 14.3. The molecule has 0 spiro atoms. The predicted octanol–water partition coefficient (Wildman–Crippen LogP) is 4.20. The Morgan fingerprint density at radius 2 is 1.85 bits per heavy atom. The van der Waals surface area contributed by atoms with E-state index in [1.807, 2.05) is 18.9 Å². The Morgan fingerprint density at radius 1 is 1.15 bits per heavy atom. The summed E-state index contributed by atoms with van der Waals surface area (Å²) in [5.41, 5.74) is 1.41. The molecule has 0 aliphatic rings. The largest absolute Gasteiger partial charge is 0.366 e. The molecule has 0 radical (unpaired) electrons. The molecular weight excluding hydrogens is 336 g/mol. The summed E-state index contributed by atoms with van der Waals surface area (Å²) in [6.45, 7) is 4.39. The van der Waals surface area contributed by atoms with Crippen LogP contribution in [0.1, 0.15) is 22.8 Å². The van der Waals surface area contributed by atoms with Crippen molar-refractivity contribution in [2.45, 2.75) is 13.8 Å². The van der Waals surface area contributed by atoms with Gasteiger partial charge in [0.25, 0.3) is 0 Å². The van der Waals surface area contributed by atoms with Crippen molar-refractivity contribution < 1.29 is 13.6 Å². The van der Waals surface area contributed by atoms with E-state index >= 15 is 0 Å². The Bertz CT molecular complexity index is 821. The molecule has 0 bridgehead atoms. The van der Waals surface area contributed by atoms with Crippen LogP contribution in [-0.4, -0.2) is 44.2 Å². The van der Waals surface area contributed by atoms with E-state index in [1.54, 1.807) is 44.6 Å². The summed E-state index contributed by atoms with van der Waals surface area (Å²) in [6, 6.07) is 8.96. The third-order valence-electron chi connectivity index (χ3n) is 4.13. The van der Waals surface area contributed by atoms with Crippen LogP contribution in [0, 0.1) is 18.6 Å². The maximum atomic E-state index is 14.3. The molecule has 0 aliphatic carbocycles. The van der Waals surface area contributed by atoms with Crippen LogP contribution < -0.4 is 4.90 Å². The number of rotatable bonds is 7. The van der Waals surface area contributed by atoms with Gasteiger partial charge in [-0.15, -0.1) is 0 Å². The van der Waals surface area contributed by atoms with Crippen LogP contribution in [0.5, 0.6) is 0 Å². The van der Waals surface area contributed by atoms with Gasteiger partial charge in [-0.1, -0.05) is 12.1 Å². The quantitative estimate of drug-likeness (QED) is 0.422. The smallest absolute Gasteiger partial charge is 0.182 e. The van der Waals surface area contributed by atoms with Gasteiger partial charge in [0.05, 0.1) is 18.6 Å². The second-order valence-electron chi connectivity index (χ2n) is 6.17. The van der Waals surface area contributed by atoms with E-state index < -0.39 is 11.6 Å². The topological polar surface area (TPSA) is 35.9 Å². The van der Waals surface area contributed by atoms with Crippen molar-refractivity contribution in [1.29, 1.82) is 0 Å². The Hall–Kier alpha value is -2.76. The van der Waals surface area contributed by atoms with Gasteiger partial charge < -0.3 is 9.80 Å². The van der Waals surface area contributed by atoms with Crippen molar-refractivity contribution in [1.82, 2.24) is 4.90 Å². The molecular formula is C20H23F2N3O. The highest BCUT2D eigenvalue weighted by atomic mass is 19.1. The third kappa shape index (κ3) is 4.65. The zero-order valence-corrected chi connectivity index (χ0v) is 15.5. The van der Waals surface area contributed by atoms with E-state index in [2.05, 4.69) is 4.99 Å². The van der Waals surface area contributed by atoms with Crippen LogP contribution >= 0.6 is 0 Å². The van der Waals surface area contributed by atoms with E-state index in [0.29, 0.717) is 11.3 Å². The average molecular weight is 359 g/mol. The number of hydrogen-bond acceptors (Lipinski definition) is 3. The van der Waals surface area contributed by atoms with Crippen LogP contribution in [0.15, 0.2) is 41.4 Å². The van der Waals surface area contributed by atoms with E-state index in [4.69, 9.17) is 0 Å². The summed E-state index contributed by atoms with van der Waals surface area (Å²) in [5, 5.41) is 0. The predicted molar refractivity (Wildman–Crippen MR) is 102 cm³/mol. The molecule has 0 aromatic heterocycles. The van der Waals surface area contributed by atoms with Crippen LogP contribution in [0.4, 0.5) is 20.2 Å². The summed E-state index contributed by atoms with van der Waals surface area (Å²) < 4.78 is 28.1. The molecule has 0 saturated carbocycles. The van der Waals surface area contributed by atoms with Gasteiger partial charge in [0, 0.05) is 26.2 Å². The molecule has 2 rings (SSSR count). The zero-order chi connectivity index (χ0) is 19.3. The zero-order valence-electron chi connectivity index (χ0n) is 15.5. The number of carbonyl (C=O) groups is 1. The van der Waals surface area contributed by atoms with Gasteiger partial charge in [0.1, 0.15) is 17.3 Å². The minimum absolute atomic E-state index is 0.0532. The van der Waals surface area contributed by atoms with Gasteiger partial charge in [-0.05, 0) is 43.7 Å². The highest BCUT2D eigenvalue weighted by molar-refractivity contribution is 6.00. The number of likely N-dealkylation sites (N-methyl/N-ethyl adjacent to an activating group) is 1. The molecule has 2 aromatic carbocycles. The Kier molecular flexibility index (Phi) is 6.44. The molecule has 6 heteroatoms. The fourth-order valence-electron chi connectivity index (χ4n) is 2.46. The standard InChI is InChI=1S/C20H23F2N3O/c1-5-24(3)13-23-18-10-14(2)15(11-17(18)22)20(26)12-25(4)19-9-7-6-8-16(19)21/h6-11,13H,5,12H2,1-4H3/b23-13+. The van der Waals surface area contributed by atoms with E-state index in [0.717, 1.165) is 6.54 Å². The molecule has 26 heavy (non-hydrogen) atoms. The molecule has 2 aromatic rings. The second kappa shape index (κ2) is 8.56. The lowest BCUT2D eigenvalue weighted by Crippen LogP contribution is -2.27. The van der Waals surface area contributed by atoms with Gasteiger partial charge in [0.2, 0.25) is 0 Å². The molecule has 0 unspecified atom stereocenters. The number of anilines is 1. The molecule has 0 saturated heterocycles. The van der Waals surface area contributed by atoms with Crippen molar-refractivity contribution in [2.24, 2.45) is 4.99 Å². The highest BCUT2D eigenvalue weighted by Crippen LogP contribution is 2.24. The van der Waals surface area contributed by atoms with E-state index in [1.165, 1.54) is 17.0 Å². The number of aliphatic imine (C=N–C) groups is 1. The summed E-state index contributed by atoms with van der Waals surface area (Å²) in [6.07, 6.45) is 1.55. The molecule has 4 nitrogen and oxygen atoms in total. The van der Waals surface area contributed by atoms with Gasteiger partial charge in [-0.25, -0.2) is 13.8 Å². The lowest BCUT2D eigenvalue weighted by molar-refractivity contribution is 0.0999. The number of benzene rings is 2. The van der Waals surface area contributed by atoms with Crippen molar-refractivity contribution in [3.05, 3.63) is 59.2 Å². The fourth-order valence-corrected chi connectivity index (χ4v) is 2.46. The molecule has 0 aliphatic heterocycles. The number of para-hydroxylation sites is 1. The van der Waals surface area contributed by atoms with Crippen LogP contribution in [0.2, 0.25) is 0 Å². The first-order chi connectivity index (χ1) is 12.3. The summed E-state index contributed by atoms with van der Waals surface area (Å²) in [7, 11) is 3.46. The van der Waals surface area contributed by atoms with Crippen LogP contribution in [0.3, 0.4) is 0 Å². The van der Waals surface area contributed by atoms with Crippen LogP contribution in [-0.2, 0) is 0 Å². The summed E-state index contributed by atoms with van der Waals surface area (Å²) in [5.74, 6) is -1.25. The fraction of sp³-hybridized carbons (Fsp3) is 0.300. The molecule has 0 heterocycles. The summed E-state index contributed by atoms with van der Waals surface area (Å²) in [4.78, 5) is 20.0. The third-order valence-corrected chi connectivity index (χ3v) is 4.13. The van der Waals surface area contributed by atoms with Crippen molar-refractivity contribution in [2.75, 3.05) is 32.1 Å². The molecule has 0 N–H and O–H groups in total. The molecule has 0 amide bonds. The molecule has 138 valence electrons. The van der Waals surface area contributed by atoms with Gasteiger partial charge >= 0.3 is 0 Å². The SMILES string of the molecule is CCN(C)/C=N/c1cc(C)c(C(=O)CN(C)c2ccccc2F)cc1F. The van der Waals surface area contributed by atoms with Gasteiger partial charge in [-0.3, -0.25) is 4.79 Å². The normalized spacial score (nSPS) is 11.0. The molecule has 0 atom stereocenters. The van der Waals surface area contributed by atoms with Gasteiger partial charge in [0.15, 0.2) is 5.78 Å². The minimum atomic E-state index is -0.562. The number of ketones is 1. The van der Waals surface area contributed by atoms with Crippen molar-refractivity contribution >= 4 is 23.5 Å². The second-order valence-corrected chi connectivity index (χ2v) is 6.17. The minimum Gasteiger partial charge on any atom is -0.366 e. The Labute approximate surface area is 152 Å². The highest BCUT2D eigenvalue weighted by Gasteiger charge is 2.17. The number of carbonyl (C=O) groups excluding carboxylic acids is 1. The maximum Gasteiger partial charge on any atom is 0.182 e. The van der Waals surface area contributed by atoms with Crippen LogP contribution in [0.25, 0.3) is 0 Å². The number of nitrogens with zero attached hydrogens (tertiary/aromatic N) is 3. The van der Waals surface area contributed by atoms with Crippen molar-refractivity contribution in [3.8, 4) is 0 Å².